The third kappa shape index (κ3) is 3.60. The number of hydrogen-bond donors (Lipinski definition) is 2. The first-order chi connectivity index (χ1) is 9.74. The monoisotopic (exact) mass is 282 g/mol. The zero-order chi connectivity index (χ0) is 14.4. The lowest BCUT2D eigenvalue weighted by Crippen LogP contribution is -2.46. The molecule has 1 unspecified atom stereocenters. The summed E-state index contributed by atoms with van der Waals surface area (Å²) in [6.45, 7) is 0.777. The second kappa shape index (κ2) is 7.09. The second-order valence-electron chi connectivity index (χ2n) is 4.89. The van der Waals surface area contributed by atoms with Crippen LogP contribution in [0.5, 0.6) is 5.75 Å². The Morgan fingerprint density at radius 1 is 1.40 bits per heavy atom. The Bertz CT molecular complexity index is 437. The van der Waals surface area contributed by atoms with Crippen LogP contribution in [0.2, 0.25) is 0 Å². The molecule has 2 amide bonds. The normalized spacial score (nSPS) is 18.7. The summed E-state index contributed by atoms with van der Waals surface area (Å²) in [5.74, 6) is 0.0964. The van der Waals surface area contributed by atoms with Crippen molar-refractivity contribution in [2.24, 2.45) is 0 Å². The van der Waals surface area contributed by atoms with Crippen LogP contribution in [0, 0.1) is 0 Å². The highest BCUT2D eigenvalue weighted by atomic mass is 19.3. The number of benzene rings is 1. The first kappa shape index (κ1) is 14.6. The van der Waals surface area contributed by atoms with E-state index in [-0.39, 0.29) is 24.4 Å². The van der Waals surface area contributed by atoms with Gasteiger partial charge in [-0.25, -0.2) is 4.79 Å². The molecule has 1 aromatic rings. The van der Waals surface area contributed by atoms with Gasteiger partial charge >= 0.3 is 6.03 Å². The molecule has 0 aliphatic carbocycles. The summed E-state index contributed by atoms with van der Waals surface area (Å²) in [7, 11) is 0. The quantitative estimate of drug-likeness (QED) is 0.892. The number of likely N-dealkylation sites (tertiary alicyclic amines) is 1. The van der Waals surface area contributed by atoms with Crippen molar-refractivity contribution >= 4 is 11.7 Å². The molecule has 1 aromatic carbocycles. The molecule has 1 aliphatic heterocycles. The largest absolute Gasteiger partial charge is 0.396 e. The third-order valence-corrected chi connectivity index (χ3v) is 3.54. The summed E-state index contributed by atoms with van der Waals surface area (Å²) in [6, 6.07) is 5.95. The van der Waals surface area contributed by atoms with Crippen LogP contribution in [0.1, 0.15) is 25.7 Å². The van der Waals surface area contributed by atoms with Crippen molar-refractivity contribution < 1.29 is 19.4 Å². The lowest BCUT2D eigenvalue weighted by molar-refractivity contribution is -0.00618. The van der Waals surface area contributed by atoms with E-state index in [1.165, 1.54) is 12.1 Å². The Balaban J connectivity index is 1.98. The second-order valence-corrected chi connectivity index (χ2v) is 4.89. The van der Waals surface area contributed by atoms with Gasteiger partial charge in [0.1, 0.15) is 0 Å². The van der Waals surface area contributed by atoms with Crippen LogP contribution in [0.3, 0.4) is 0 Å². The molecule has 1 aliphatic rings. The van der Waals surface area contributed by atoms with Crippen molar-refractivity contribution in [3.63, 3.8) is 0 Å². The molecule has 0 aromatic heterocycles. The number of carbonyl (C=O) groups is 1. The molecular weight excluding hydrogens is 263 g/mol. The molecule has 0 radical (unpaired) electrons. The highest BCUT2D eigenvalue weighted by molar-refractivity contribution is 5.89. The lowest BCUT2D eigenvalue weighted by atomic mass is 10.0. The van der Waals surface area contributed by atoms with Crippen molar-refractivity contribution in [2.45, 2.75) is 31.7 Å². The maximum Gasteiger partial charge on any atom is 0.322 e. The number of amides is 2. The number of aliphatic hydroxyl groups is 1. The SMILES string of the molecule is O=C(Nc1ccc(OF)cc1)N1CCCCC1CCO. The van der Waals surface area contributed by atoms with E-state index in [1.807, 2.05) is 0 Å². The van der Waals surface area contributed by atoms with Crippen molar-refractivity contribution in [1.82, 2.24) is 4.90 Å². The minimum absolute atomic E-state index is 0.0803. The molecule has 0 spiro atoms. The number of piperidine rings is 1. The van der Waals surface area contributed by atoms with Gasteiger partial charge < -0.3 is 15.3 Å². The molecule has 0 bridgehead atoms. The van der Waals surface area contributed by atoms with Crippen molar-refractivity contribution in [3.8, 4) is 5.75 Å². The maximum atomic E-state index is 12.2. The minimum atomic E-state index is -0.183. The zero-order valence-electron chi connectivity index (χ0n) is 11.2. The number of halogens is 1. The molecule has 1 heterocycles. The number of urea groups is 1. The van der Waals surface area contributed by atoms with E-state index in [9.17, 15) is 9.32 Å². The average molecular weight is 282 g/mol. The first-order valence-corrected chi connectivity index (χ1v) is 6.81. The number of hydrogen-bond acceptors (Lipinski definition) is 3. The summed E-state index contributed by atoms with van der Waals surface area (Å²) < 4.78 is 11.9. The van der Waals surface area contributed by atoms with Crippen LogP contribution < -0.4 is 10.3 Å². The summed E-state index contributed by atoms with van der Waals surface area (Å²) in [5, 5.41) is 11.8. The number of nitrogens with one attached hydrogen (secondary N) is 1. The van der Waals surface area contributed by atoms with Crippen molar-refractivity contribution in [1.29, 1.82) is 0 Å². The fraction of sp³-hybridized carbons (Fsp3) is 0.500. The number of aliphatic hydroxyl groups excluding tert-OH is 1. The van der Waals surface area contributed by atoms with Gasteiger partial charge in [0.25, 0.3) is 0 Å². The fourth-order valence-electron chi connectivity index (χ4n) is 2.50. The van der Waals surface area contributed by atoms with E-state index >= 15 is 0 Å². The highest BCUT2D eigenvalue weighted by Gasteiger charge is 2.26. The molecule has 6 heteroatoms. The van der Waals surface area contributed by atoms with Crippen LogP contribution in [-0.2, 0) is 0 Å². The molecule has 110 valence electrons. The van der Waals surface area contributed by atoms with E-state index in [1.54, 1.807) is 17.0 Å². The van der Waals surface area contributed by atoms with Crippen molar-refractivity contribution in [3.05, 3.63) is 24.3 Å². The van der Waals surface area contributed by atoms with Gasteiger partial charge in [0.2, 0.25) is 0 Å². The Kier molecular flexibility index (Phi) is 5.17. The Morgan fingerprint density at radius 2 is 2.15 bits per heavy atom. The molecule has 0 saturated carbocycles. The maximum absolute atomic E-state index is 12.2. The standard InChI is InChI=1S/C14H19FN2O3/c15-20-13-6-4-11(5-7-13)16-14(19)17-9-2-1-3-12(17)8-10-18/h4-7,12,18H,1-3,8-10H2,(H,16,19). The van der Waals surface area contributed by atoms with E-state index in [0.717, 1.165) is 19.3 Å². The third-order valence-electron chi connectivity index (χ3n) is 3.54. The zero-order valence-corrected chi connectivity index (χ0v) is 11.2. The van der Waals surface area contributed by atoms with Gasteiger partial charge in [-0.3, -0.25) is 4.94 Å². The predicted octanol–water partition coefficient (Wildman–Crippen LogP) is 2.72. The minimum Gasteiger partial charge on any atom is -0.396 e. The molecule has 20 heavy (non-hydrogen) atoms. The topological polar surface area (TPSA) is 61.8 Å². The number of nitrogens with zero attached hydrogens (tertiary/aromatic N) is 1. The van der Waals surface area contributed by atoms with E-state index < -0.39 is 0 Å². The van der Waals surface area contributed by atoms with Crippen LogP contribution in [-0.4, -0.2) is 35.2 Å². The van der Waals surface area contributed by atoms with Crippen LogP contribution in [0.15, 0.2) is 24.3 Å². The molecule has 2 N–H and O–H groups in total. The molecule has 2 rings (SSSR count). The molecular formula is C14H19FN2O3. The summed E-state index contributed by atoms with van der Waals surface area (Å²) in [5.41, 5.74) is 0.587. The summed E-state index contributed by atoms with van der Waals surface area (Å²) in [6.07, 6.45) is 3.58. The van der Waals surface area contributed by atoms with E-state index in [0.29, 0.717) is 18.7 Å². The van der Waals surface area contributed by atoms with E-state index in [2.05, 4.69) is 10.3 Å². The van der Waals surface area contributed by atoms with Gasteiger partial charge in [-0.15, -0.1) is 0 Å². The smallest absolute Gasteiger partial charge is 0.322 e. The summed E-state index contributed by atoms with van der Waals surface area (Å²) >= 11 is 0. The lowest BCUT2D eigenvalue weighted by Gasteiger charge is -2.35. The van der Waals surface area contributed by atoms with Gasteiger partial charge in [-0.05, 0) is 49.9 Å². The Hall–Kier alpha value is -1.82. The Morgan fingerprint density at radius 3 is 2.80 bits per heavy atom. The van der Waals surface area contributed by atoms with E-state index in [4.69, 9.17) is 5.11 Å². The molecule has 5 nitrogen and oxygen atoms in total. The summed E-state index contributed by atoms with van der Waals surface area (Å²) in [4.78, 5) is 17.6. The van der Waals surface area contributed by atoms with Gasteiger partial charge in [-0.1, -0.05) is 0 Å². The van der Waals surface area contributed by atoms with Crippen LogP contribution in [0.25, 0.3) is 0 Å². The highest BCUT2D eigenvalue weighted by Crippen LogP contribution is 2.21. The van der Waals surface area contributed by atoms with Crippen LogP contribution >= 0.6 is 0 Å². The number of anilines is 1. The fourth-order valence-corrected chi connectivity index (χ4v) is 2.50. The van der Waals surface area contributed by atoms with Gasteiger partial charge in [0, 0.05) is 29.4 Å². The first-order valence-electron chi connectivity index (χ1n) is 6.81. The van der Waals surface area contributed by atoms with Gasteiger partial charge in [0.15, 0.2) is 5.75 Å². The molecule has 1 fully saturated rings. The average Bonchev–Trinajstić information content (AvgIpc) is 2.49. The Labute approximate surface area is 117 Å². The number of carbonyl (C=O) groups excluding carboxylic acids is 1. The van der Waals surface area contributed by atoms with Crippen molar-refractivity contribution in [2.75, 3.05) is 18.5 Å². The van der Waals surface area contributed by atoms with Crippen LogP contribution in [0.4, 0.5) is 15.0 Å². The predicted molar refractivity (Wildman–Crippen MR) is 73.2 cm³/mol. The van der Waals surface area contributed by atoms with Gasteiger partial charge in [0.05, 0.1) is 0 Å². The van der Waals surface area contributed by atoms with Gasteiger partial charge in [-0.2, -0.15) is 0 Å². The number of rotatable bonds is 4. The molecule has 1 atom stereocenters. The molecule has 1 saturated heterocycles.